The van der Waals surface area contributed by atoms with Crippen LogP contribution in [-0.4, -0.2) is 48.4 Å². The molecule has 0 bridgehead atoms. The first-order valence-corrected chi connectivity index (χ1v) is 5.48. The van der Waals surface area contributed by atoms with Crippen molar-refractivity contribution in [1.29, 1.82) is 0 Å². The van der Waals surface area contributed by atoms with Crippen molar-refractivity contribution >= 4 is 24.2 Å². The molecule has 2 saturated heterocycles. The smallest absolute Gasteiger partial charge is 0.245 e. The van der Waals surface area contributed by atoms with Gasteiger partial charge >= 0.3 is 0 Å². The Morgan fingerprint density at radius 1 is 1.50 bits per heavy atom. The van der Waals surface area contributed by atoms with E-state index in [1.165, 1.54) is 0 Å². The summed E-state index contributed by atoms with van der Waals surface area (Å²) in [4.78, 5) is 24.8. The highest BCUT2D eigenvalue weighted by atomic mass is 35.5. The Morgan fingerprint density at radius 2 is 2.25 bits per heavy atom. The van der Waals surface area contributed by atoms with Crippen molar-refractivity contribution in [3.8, 4) is 0 Å². The van der Waals surface area contributed by atoms with Crippen molar-refractivity contribution in [2.24, 2.45) is 0 Å². The molecule has 0 aromatic heterocycles. The van der Waals surface area contributed by atoms with Crippen molar-refractivity contribution < 1.29 is 9.59 Å². The van der Waals surface area contributed by atoms with Gasteiger partial charge in [0, 0.05) is 32.1 Å². The summed E-state index contributed by atoms with van der Waals surface area (Å²) in [6.07, 6.45) is 1.13. The molecular formula is C10H18ClN3O2. The molecule has 2 heterocycles. The minimum Gasteiger partial charge on any atom is -0.344 e. The molecule has 0 aliphatic carbocycles. The summed E-state index contributed by atoms with van der Waals surface area (Å²) < 4.78 is 0. The number of hydrogen-bond donors (Lipinski definition) is 2. The molecule has 16 heavy (non-hydrogen) atoms. The molecule has 2 aliphatic rings. The normalized spacial score (nSPS) is 29.6. The molecule has 0 saturated carbocycles. The third kappa shape index (κ3) is 2.86. The van der Waals surface area contributed by atoms with Gasteiger partial charge in [0.25, 0.3) is 0 Å². The van der Waals surface area contributed by atoms with Crippen LogP contribution < -0.4 is 10.6 Å². The fourth-order valence-corrected chi connectivity index (χ4v) is 2.15. The second-order valence-electron chi connectivity index (χ2n) is 4.30. The van der Waals surface area contributed by atoms with Crippen LogP contribution in [0.3, 0.4) is 0 Å². The van der Waals surface area contributed by atoms with Crippen molar-refractivity contribution in [2.45, 2.75) is 31.8 Å². The molecule has 2 fully saturated rings. The van der Waals surface area contributed by atoms with E-state index in [0.717, 1.165) is 19.6 Å². The number of carbonyl (C=O) groups is 2. The number of rotatable bonds is 1. The fraction of sp³-hybridized carbons (Fsp3) is 0.800. The number of carbonyl (C=O) groups excluding carboxylic acids is 2. The Hall–Kier alpha value is -0.810. The maximum Gasteiger partial charge on any atom is 0.245 e. The highest BCUT2D eigenvalue weighted by molar-refractivity contribution is 5.90. The topological polar surface area (TPSA) is 61.4 Å². The van der Waals surface area contributed by atoms with Gasteiger partial charge in [-0.3, -0.25) is 9.59 Å². The van der Waals surface area contributed by atoms with Crippen LogP contribution in [0.5, 0.6) is 0 Å². The molecule has 0 radical (unpaired) electrons. The monoisotopic (exact) mass is 247 g/mol. The van der Waals surface area contributed by atoms with Gasteiger partial charge in [0.1, 0.15) is 6.04 Å². The standard InChI is InChI=1S/C10H17N3O2.ClH/c1-7-6-13(5-4-11-7)10(15)8-2-3-9(14)12-8;/h7-8,11H,2-6H2,1H3,(H,12,14);1H/t7-,8+;/m1./s1. The Balaban J connectivity index is 0.00000128. The van der Waals surface area contributed by atoms with Gasteiger partial charge in [-0.25, -0.2) is 0 Å². The maximum atomic E-state index is 12.0. The third-order valence-electron chi connectivity index (χ3n) is 2.97. The Morgan fingerprint density at radius 3 is 2.81 bits per heavy atom. The van der Waals surface area contributed by atoms with Crippen LogP contribution in [0, 0.1) is 0 Å². The molecule has 0 unspecified atom stereocenters. The average molecular weight is 248 g/mol. The molecule has 2 amide bonds. The van der Waals surface area contributed by atoms with Gasteiger partial charge in [-0.15, -0.1) is 12.4 Å². The first kappa shape index (κ1) is 13.3. The lowest BCUT2D eigenvalue weighted by Gasteiger charge is -2.33. The summed E-state index contributed by atoms with van der Waals surface area (Å²) >= 11 is 0. The number of hydrogen-bond acceptors (Lipinski definition) is 3. The Kier molecular flexibility index (Phi) is 4.56. The van der Waals surface area contributed by atoms with Crippen LogP contribution in [0.4, 0.5) is 0 Å². The van der Waals surface area contributed by atoms with Gasteiger partial charge < -0.3 is 15.5 Å². The summed E-state index contributed by atoms with van der Waals surface area (Å²) in [6.45, 7) is 4.39. The van der Waals surface area contributed by atoms with E-state index in [-0.39, 0.29) is 30.3 Å². The van der Waals surface area contributed by atoms with Crippen molar-refractivity contribution in [2.75, 3.05) is 19.6 Å². The minimum atomic E-state index is -0.275. The summed E-state index contributed by atoms with van der Waals surface area (Å²) in [5.74, 6) is 0.0748. The number of nitrogens with one attached hydrogen (secondary N) is 2. The summed E-state index contributed by atoms with van der Waals surface area (Å²) in [7, 11) is 0. The fourth-order valence-electron chi connectivity index (χ4n) is 2.15. The second kappa shape index (κ2) is 5.50. The van der Waals surface area contributed by atoms with E-state index in [9.17, 15) is 9.59 Å². The van der Waals surface area contributed by atoms with E-state index in [2.05, 4.69) is 17.6 Å². The number of amides is 2. The van der Waals surface area contributed by atoms with E-state index in [4.69, 9.17) is 0 Å². The lowest BCUT2D eigenvalue weighted by molar-refractivity contribution is -0.135. The molecule has 2 aliphatic heterocycles. The van der Waals surface area contributed by atoms with Crippen LogP contribution in [0.2, 0.25) is 0 Å². The van der Waals surface area contributed by atoms with Crippen molar-refractivity contribution in [3.63, 3.8) is 0 Å². The van der Waals surface area contributed by atoms with E-state index < -0.39 is 0 Å². The first-order valence-electron chi connectivity index (χ1n) is 5.48. The van der Waals surface area contributed by atoms with Gasteiger partial charge in [0.2, 0.25) is 11.8 Å². The SMILES string of the molecule is C[C@@H]1CN(C(=O)[C@@H]2CCC(=O)N2)CCN1.Cl. The summed E-state index contributed by atoms with van der Waals surface area (Å²) in [5, 5.41) is 6.00. The quantitative estimate of drug-likeness (QED) is 0.657. The lowest BCUT2D eigenvalue weighted by Crippen LogP contribution is -2.55. The highest BCUT2D eigenvalue weighted by Gasteiger charge is 2.32. The van der Waals surface area contributed by atoms with Gasteiger partial charge in [-0.05, 0) is 13.3 Å². The predicted molar refractivity (Wildman–Crippen MR) is 62.5 cm³/mol. The predicted octanol–water partition coefficient (Wildman–Crippen LogP) is -0.493. The van der Waals surface area contributed by atoms with Crippen molar-refractivity contribution in [1.82, 2.24) is 15.5 Å². The lowest BCUT2D eigenvalue weighted by atomic mass is 10.1. The minimum absolute atomic E-state index is 0. The van der Waals surface area contributed by atoms with Crippen LogP contribution in [0.25, 0.3) is 0 Å². The van der Waals surface area contributed by atoms with Crippen LogP contribution in [0.15, 0.2) is 0 Å². The zero-order chi connectivity index (χ0) is 10.8. The van der Waals surface area contributed by atoms with E-state index in [1.807, 2.05) is 4.90 Å². The molecule has 92 valence electrons. The van der Waals surface area contributed by atoms with Gasteiger partial charge in [0.05, 0.1) is 0 Å². The molecule has 2 rings (SSSR count). The van der Waals surface area contributed by atoms with Crippen LogP contribution in [0.1, 0.15) is 19.8 Å². The molecule has 2 N–H and O–H groups in total. The molecule has 0 aromatic rings. The molecule has 0 aromatic carbocycles. The van der Waals surface area contributed by atoms with Crippen LogP contribution in [-0.2, 0) is 9.59 Å². The molecule has 2 atom stereocenters. The van der Waals surface area contributed by atoms with Crippen molar-refractivity contribution in [3.05, 3.63) is 0 Å². The van der Waals surface area contributed by atoms with E-state index in [0.29, 0.717) is 18.9 Å². The zero-order valence-corrected chi connectivity index (χ0v) is 10.2. The number of piperazine rings is 1. The largest absolute Gasteiger partial charge is 0.344 e. The van der Waals surface area contributed by atoms with Gasteiger partial charge in [-0.1, -0.05) is 0 Å². The summed E-state index contributed by atoms with van der Waals surface area (Å²) in [5.41, 5.74) is 0. The molecular weight excluding hydrogens is 230 g/mol. The maximum absolute atomic E-state index is 12.0. The van der Waals surface area contributed by atoms with Gasteiger partial charge in [-0.2, -0.15) is 0 Å². The van der Waals surface area contributed by atoms with Crippen LogP contribution >= 0.6 is 12.4 Å². The molecule has 6 heteroatoms. The summed E-state index contributed by atoms with van der Waals surface area (Å²) in [6, 6.07) is 0.0719. The average Bonchev–Trinajstić information content (AvgIpc) is 2.64. The van der Waals surface area contributed by atoms with Gasteiger partial charge in [0.15, 0.2) is 0 Å². The Labute approximate surface area is 101 Å². The number of halogens is 1. The van der Waals surface area contributed by atoms with E-state index >= 15 is 0 Å². The Bertz CT molecular complexity index is 285. The molecule has 5 nitrogen and oxygen atoms in total. The zero-order valence-electron chi connectivity index (χ0n) is 9.36. The second-order valence-corrected chi connectivity index (χ2v) is 4.30. The highest BCUT2D eigenvalue weighted by Crippen LogP contribution is 2.11. The molecule has 0 spiro atoms. The number of nitrogens with zero attached hydrogens (tertiary/aromatic N) is 1. The first-order chi connectivity index (χ1) is 7.16. The third-order valence-corrected chi connectivity index (χ3v) is 2.97. The van der Waals surface area contributed by atoms with E-state index in [1.54, 1.807) is 0 Å².